The van der Waals surface area contributed by atoms with E-state index in [0.29, 0.717) is 28.3 Å². The maximum absolute atomic E-state index is 12.1. The number of hydrogen-bond donors (Lipinski definition) is 2. The summed E-state index contributed by atoms with van der Waals surface area (Å²) in [5.74, 6) is 0.627. The number of aromatic nitrogens is 2. The highest BCUT2D eigenvalue weighted by molar-refractivity contribution is 6.31. The largest absolute Gasteiger partial charge is 0.381 e. The first kappa shape index (κ1) is 14.5. The van der Waals surface area contributed by atoms with Crippen LogP contribution >= 0.6 is 11.6 Å². The summed E-state index contributed by atoms with van der Waals surface area (Å²) >= 11 is 5.96. The Morgan fingerprint density at radius 2 is 2.19 bits per heavy atom. The summed E-state index contributed by atoms with van der Waals surface area (Å²) in [6.45, 7) is 4.22. The smallest absolute Gasteiger partial charge is 0.258 e. The molecule has 2 N–H and O–H groups in total. The van der Waals surface area contributed by atoms with Gasteiger partial charge >= 0.3 is 0 Å². The van der Waals surface area contributed by atoms with Gasteiger partial charge in [0.05, 0.1) is 17.4 Å². The molecule has 0 saturated carbocycles. The minimum Gasteiger partial charge on any atom is -0.381 e. The average molecular weight is 308 g/mol. The van der Waals surface area contributed by atoms with Crippen LogP contribution in [0, 0.1) is 0 Å². The molecule has 6 heteroatoms. The summed E-state index contributed by atoms with van der Waals surface area (Å²) < 4.78 is 5.38. The molecule has 3 rings (SSSR count). The van der Waals surface area contributed by atoms with E-state index in [4.69, 9.17) is 16.3 Å². The van der Waals surface area contributed by atoms with Crippen molar-refractivity contribution in [1.29, 1.82) is 0 Å². The number of H-pyrrole nitrogens is 1. The van der Waals surface area contributed by atoms with Gasteiger partial charge in [-0.25, -0.2) is 4.98 Å². The van der Waals surface area contributed by atoms with Crippen LogP contribution in [0.2, 0.25) is 5.02 Å². The van der Waals surface area contributed by atoms with Crippen LogP contribution in [0.3, 0.4) is 0 Å². The van der Waals surface area contributed by atoms with Gasteiger partial charge in [0.1, 0.15) is 5.82 Å². The van der Waals surface area contributed by atoms with Gasteiger partial charge in [0.2, 0.25) is 0 Å². The molecule has 1 aromatic heterocycles. The molecule has 112 valence electrons. The summed E-state index contributed by atoms with van der Waals surface area (Å²) in [5, 5.41) is 4.61. The number of aromatic amines is 1. The Balaban J connectivity index is 1.82. The normalized spacial score (nSPS) is 18.0. The zero-order valence-electron chi connectivity index (χ0n) is 11.9. The number of nitrogens with zero attached hydrogens (tertiary/aromatic N) is 1. The van der Waals surface area contributed by atoms with Gasteiger partial charge in [-0.05, 0) is 38.0 Å². The van der Waals surface area contributed by atoms with Gasteiger partial charge in [-0.3, -0.25) is 4.79 Å². The Morgan fingerprint density at radius 1 is 1.43 bits per heavy atom. The number of fused-ring (bicyclic) bond motifs is 1. The number of hydrogen-bond acceptors (Lipinski definition) is 4. The quantitative estimate of drug-likeness (QED) is 0.912. The van der Waals surface area contributed by atoms with Crippen molar-refractivity contribution in [3.8, 4) is 0 Å². The maximum Gasteiger partial charge on any atom is 0.258 e. The van der Waals surface area contributed by atoms with Crippen LogP contribution in [0.25, 0.3) is 10.9 Å². The van der Waals surface area contributed by atoms with Crippen LogP contribution in [0.15, 0.2) is 23.0 Å². The molecule has 0 unspecified atom stereocenters. The second kappa shape index (κ2) is 5.75. The van der Waals surface area contributed by atoms with E-state index in [2.05, 4.69) is 22.2 Å². The molecular formula is C15H18ClN3O2. The van der Waals surface area contributed by atoms with E-state index in [1.165, 1.54) is 0 Å². The highest BCUT2D eigenvalue weighted by Gasteiger charge is 2.26. The monoisotopic (exact) mass is 307 g/mol. The molecule has 0 bridgehead atoms. The molecule has 1 aliphatic heterocycles. The van der Waals surface area contributed by atoms with Crippen molar-refractivity contribution < 1.29 is 4.74 Å². The Bertz CT molecular complexity index is 708. The summed E-state index contributed by atoms with van der Waals surface area (Å²) in [4.78, 5) is 19.4. The summed E-state index contributed by atoms with van der Waals surface area (Å²) in [5.41, 5.74) is 0.519. The van der Waals surface area contributed by atoms with Crippen molar-refractivity contribution in [3.63, 3.8) is 0 Å². The lowest BCUT2D eigenvalue weighted by atomic mass is 9.92. The zero-order valence-corrected chi connectivity index (χ0v) is 12.7. The van der Waals surface area contributed by atoms with Crippen molar-refractivity contribution in [3.05, 3.63) is 39.4 Å². The first-order chi connectivity index (χ1) is 10.1. The van der Waals surface area contributed by atoms with Gasteiger partial charge in [-0.2, -0.15) is 0 Å². The Morgan fingerprint density at radius 3 is 2.95 bits per heavy atom. The van der Waals surface area contributed by atoms with Gasteiger partial charge < -0.3 is 15.0 Å². The molecule has 21 heavy (non-hydrogen) atoms. The minimum absolute atomic E-state index is 0.0279. The fourth-order valence-corrected chi connectivity index (χ4v) is 2.71. The molecule has 1 saturated heterocycles. The molecule has 1 aliphatic rings. The third-order valence-electron chi connectivity index (χ3n) is 4.00. The van der Waals surface area contributed by atoms with E-state index in [1.807, 2.05) is 0 Å². The Hall–Kier alpha value is -1.43. The van der Waals surface area contributed by atoms with Crippen LogP contribution in [-0.2, 0) is 11.3 Å². The molecule has 0 atom stereocenters. The van der Waals surface area contributed by atoms with Crippen molar-refractivity contribution in [2.45, 2.75) is 31.8 Å². The van der Waals surface area contributed by atoms with Crippen LogP contribution < -0.4 is 10.9 Å². The number of nitrogens with one attached hydrogen (secondary N) is 2. The number of benzene rings is 1. The molecule has 0 spiro atoms. The molecule has 0 amide bonds. The SMILES string of the molecule is CC1(NCc2nc3cc(Cl)ccc3c(=O)[nH]2)CCOCC1. The third-order valence-corrected chi connectivity index (χ3v) is 4.23. The molecular weight excluding hydrogens is 290 g/mol. The van der Waals surface area contributed by atoms with E-state index in [-0.39, 0.29) is 11.1 Å². The highest BCUT2D eigenvalue weighted by Crippen LogP contribution is 2.20. The van der Waals surface area contributed by atoms with Crippen LogP contribution in [-0.4, -0.2) is 28.7 Å². The Kier molecular flexibility index (Phi) is 3.97. The average Bonchev–Trinajstić information content (AvgIpc) is 2.45. The van der Waals surface area contributed by atoms with E-state index in [0.717, 1.165) is 26.1 Å². The minimum atomic E-state index is -0.134. The highest BCUT2D eigenvalue weighted by atomic mass is 35.5. The molecule has 2 heterocycles. The van der Waals surface area contributed by atoms with Gasteiger partial charge in [-0.15, -0.1) is 0 Å². The molecule has 1 fully saturated rings. The Labute approximate surface area is 127 Å². The predicted octanol–water partition coefficient (Wildman–Crippen LogP) is 2.24. The van der Waals surface area contributed by atoms with E-state index >= 15 is 0 Å². The lowest BCUT2D eigenvalue weighted by Crippen LogP contribution is -2.46. The fraction of sp³-hybridized carbons (Fsp3) is 0.467. The third kappa shape index (κ3) is 3.26. The first-order valence-corrected chi connectivity index (χ1v) is 7.45. The number of rotatable bonds is 3. The van der Waals surface area contributed by atoms with Gasteiger partial charge in [0.25, 0.3) is 5.56 Å². The zero-order chi connectivity index (χ0) is 14.9. The van der Waals surface area contributed by atoms with Crippen molar-refractivity contribution in [2.75, 3.05) is 13.2 Å². The van der Waals surface area contributed by atoms with Gasteiger partial charge in [-0.1, -0.05) is 11.6 Å². The van der Waals surface area contributed by atoms with Gasteiger partial charge in [0, 0.05) is 23.8 Å². The first-order valence-electron chi connectivity index (χ1n) is 7.07. The molecule has 0 radical (unpaired) electrons. The van der Waals surface area contributed by atoms with E-state index in [9.17, 15) is 4.79 Å². The van der Waals surface area contributed by atoms with E-state index < -0.39 is 0 Å². The van der Waals surface area contributed by atoms with Crippen molar-refractivity contribution in [1.82, 2.24) is 15.3 Å². The second-order valence-electron chi connectivity index (χ2n) is 5.70. The lowest BCUT2D eigenvalue weighted by Gasteiger charge is -2.34. The molecule has 2 aromatic rings. The maximum atomic E-state index is 12.1. The van der Waals surface area contributed by atoms with Crippen LogP contribution in [0.4, 0.5) is 0 Å². The molecule has 5 nitrogen and oxygen atoms in total. The standard InChI is InChI=1S/C15H18ClN3O2/c1-15(4-6-21-7-5-15)17-9-13-18-12-8-10(16)2-3-11(12)14(20)19-13/h2-3,8,17H,4-7,9H2,1H3,(H,18,19,20). The summed E-state index contributed by atoms with van der Waals surface area (Å²) in [7, 11) is 0. The fourth-order valence-electron chi connectivity index (χ4n) is 2.54. The lowest BCUT2D eigenvalue weighted by molar-refractivity contribution is 0.0443. The van der Waals surface area contributed by atoms with Crippen LogP contribution in [0.5, 0.6) is 0 Å². The van der Waals surface area contributed by atoms with Gasteiger partial charge in [0.15, 0.2) is 0 Å². The second-order valence-corrected chi connectivity index (χ2v) is 6.14. The predicted molar refractivity (Wildman–Crippen MR) is 82.7 cm³/mol. The number of halogens is 1. The molecule has 0 aliphatic carbocycles. The van der Waals surface area contributed by atoms with E-state index in [1.54, 1.807) is 18.2 Å². The van der Waals surface area contributed by atoms with Crippen molar-refractivity contribution in [2.24, 2.45) is 0 Å². The topological polar surface area (TPSA) is 67.0 Å². The molecule has 1 aromatic carbocycles. The number of ether oxygens (including phenoxy) is 1. The summed E-state index contributed by atoms with van der Waals surface area (Å²) in [6, 6.07) is 5.11. The summed E-state index contributed by atoms with van der Waals surface area (Å²) in [6.07, 6.45) is 1.91. The van der Waals surface area contributed by atoms with Crippen molar-refractivity contribution >= 4 is 22.5 Å². The van der Waals surface area contributed by atoms with Crippen LogP contribution in [0.1, 0.15) is 25.6 Å².